The van der Waals surface area contributed by atoms with Crippen molar-refractivity contribution in [3.63, 3.8) is 0 Å². The monoisotopic (exact) mass is 386 g/mol. The summed E-state index contributed by atoms with van der Waals surface area (Å²) in [5.41, 5.74) is 6.63. The zero-order valence-electron chi connectivity index (χ0n) is 14.6. The van der Waals surface area contributed by atoms with Gasteiger partial charge in [0.25, 0.3) is 5.91 Å². The van der Waals surface area contributed by atoms with Crippen LogP contribution in [-0.4, -0.2) is 25.7 Å². The molecule has 1 aromatic carbocycles. The van der Waals surface area contributed by atoms with Gasteiger partial charge in [-0.05, 0) is 31.0 Å². The van der Waals surface area contributed by atoms with Gasteiger partial charge in [0.15, 0.2) is 5.82 Å². The van der Waals surface area contributed by atoms with Crippen molar-refractivity contribution in [3.8, 4) is 11.4 Å². The maximum absolute atomic E-state index is 14.5. The topological polar surface area (TPSA) is 98.7 Å². The number of halogens is 1. The van der Waals surface area contributed by atoms with Crippen molar-refractivity contribution in [2.75, 3.05) is 5.32 Å². The number of rotatable bonds is 4. The minimum absolute atomic E-state index is 0.288. The molecular weight excluding hydrogens is 367 g/mol. The molecule has 0 spiro atoms. The number of fused-ring (bicyclic) bond motifs is 1. The van der Waals surface area contributed by atoms with E-state index in [9.17, 15) is 9.18 Å². The van der Waals surface area contributed by atoms with Crippen LogP contribution in [-0.2, 0) is 19.5 Å². The molecule has 1 amide bonds. The summed E-state index contributed by atoms with van der Waals surface area (Å²) < 4.78 is 16.5. The summed E-state index contributed by atoms with van der Waals surface area (Å²) in [7, 11) is 0. The Hall–Kier alpha value is -2.65. The first-order chi connectivity index (χ1) is 13.2. The van der Waals surface area contributed by atoms with Crippen LogP contribution >= 0.6 is 11.3 Å². The molecule has 1 aliphatic heterocycles. The van der Waals surface area contributed by atoms with E-state index in [-0.39, 0.29) is 12.5 Å². The number of carbonyl (C=O) groups excluding carboxylic acids is 1. The highest BCUT2D eigenvalue weighted by Gasteiger charge is 2.19. The number of aromatic nitrogens is 4. The van der Waals surface area contributed by atoms with Gasteiger partial charge in [0.1, 0.15) is 22.3 Å². The third kappa shape index (κ3) is 3.60. The molecule has 0 radical (unpaired) electrons. The Labute approximate surface area is 159 Å². The Morgan fingerprint density at radius 2 is 2.19 bits per heavy atom. The lowest BCUT2D eigenvalue weighted by atomic mass is 10.1. The van der Waals surface area contributed by atoms with E-state index in [2.05, 4.69) is 20.5 Å². The minimum atomic E-state index is -0.397. The molecule has 3 aromatic rings. The Morgan fingerprint density at radius 3 is 3.00 bits per heavy atom. The second kappa shape index (κ2) is 7.53. The van der Waals surface area contributed by atoms with Crippen molar-refractivity contribution >= 4 is 22.9 Å². The molecule has 9 heteroatoms. The second-order valence-electron chi connectivity index (χ2n) is 6.38. The number of nitrogens with one attached hydrogen (secondary N) is 1. The minimum Gasteiger partial charge on any atom is -0.325 e. The molecular formula is C18H19FN6OS. The van der Waals surface area contributed by atoms with E-state index < -0.39 is 5.82 Å². The number of hydrogen-bond donors (Lipinski definition) is 2. The second-order valence-corrected chi connectivity index (χ2v) is 7.32. The lowest BCUT2D eigenvalue weighted by Gasteiger charge is -2.10. The number of aryl methyl sites for hydroxylation is 1. The van der Waals surface area contributed by atoms with Crippen LogP contribution in [0.1, 0.15) is 40.6 Å². The largest absolute Gasteiger partial charge is 0.325 e. The van der Waals surface area contributed by atoms with Gasteiger partial charge in [-0.2, -0.15) is 0 Å². The molecule has 3 heterocycles. The molecule has 140 valence electrons. The van der Waals surface area contributed by atoms with E-state index in [1.165, 1.54) is 23.5 Å². The first-order valence-electron chi connectivity index (χ1n) is 8.83. The number of nitrogens with zero attached hydrogens (tertiary/aromatic N) is 4. The lowest BCUT2D eigenvalue weighted by Crippen LogP contribution is -2.13. The van der Waals surface area contributed by atoms with Gasteiger partial charge in [-0.15, -0.1) is 21.5 Å². The van der Waals surface area contributed by atoms with Gasteiger partial charge >= 0.3 is 0 Å². The molecule has 1 aliphatic rings. The molecule has 4 rings (SSSR count). The molecule has 0 fully saturated rings. The number of nitrogens with two attached hydrogens (primary N) is 1. The van der Waals surface area contributed by atoms with Crippen LogP contribution in [0.25, 0.3) is 11.4 Å². The summed E-state index contributed by atoms with van der Waals surface area (Å²) in [4.78, 5) is 16.5. The van der Waals surface area contributed by atoms with Gasteiger partial charge < -0.3 is 15.6 Å². The molecule has 0 saturated carbocycles. The Bertz CT molecular complexity index is 982. The first kappa shape index (κ1) is 17.7. The summed E-state index contributed by atoms with van der Waals surface area (Å²) >= 11 is 1.33. The zero-order chi connectivity index (χ0) is 18.8. The van der Waals surface area contributed by atoms with Crippen LogP contribution in [0, 0.1) is 5.82 Å². The van der Waals surface area contributed by atoms with Gasteiger partial charge in [-0.3, -0.25) is 4.79 Å². The van der Waals surface area contributed by atoms with Crippen molar-refractivity contribution in [2.24, 2.45) is 5.73 Å². The highest BCUT2D eigenvalue weighted by molar-refractivity contribution is 7.09. The van der Waals surface area contributed by atoms with Crippen molar-refractivity contribution in [3.05, 3.63) is 45.9 Å². The summed E-state index contributed by atoms with van der Waals surface area (Å²) in [6, 6.07) is 4.44. The molecule has 0 aliphatic carbocycles. The fourth-order valence-electron chi connectivity index (χ4n) is 3.16. The number of thiazole rings is 1. The number of carbonyl (C=O) groups is 1. The average Bonchev–Trinajstić information content (AvgIpc) is 3.25. The van der Waals surface area contributed by atoms with Crippen molar-refractivity contribution in [2.45, 2.75) is 38.8 Å². The molecule has 27 heavy (non-hydrogen) atoms. The molecule has 0 unspecified atom stereocenters. The van der Waals surface area contributed by atoms with Crippen LogP contribution < -0.4 is 11.1 Å². The van der Waals surface area contributed by atoms with Gasteiger partial charge in [0.2, 0.25) is 0 Å². The third-order valence-corrected chi connectivity index (χ3v) is 5.40. The molecule has 2 aromatic heterocycles. The van der Waals surface area contributed by atoms with Gasteiger partial charge in [0.05, 0.1) is 5.56 Å². The van der Waals surface area contributed by atoms with Crippen LogP contribution in [0.3, 0.4) is 0 Å². The van der Waals surface area contributed by atoms with Gasteiger partial charge in [0, 0.05) is 30.6 Å². The fourth-order valence-corrected chi connectivity index (χ4v) is 3.82. The number of benzene rings is 1. The van der Waals surface area contributed by atoms with Gasteiger partial charge in [-0.1, -0.05) is 6.42 Å². The smallest absolute Gasteiger partial charge is 0.275 e. The summed E-state index contributed by atoms with van der Waals surface area (Å²) in [5.74, 6) is 0.628. The number of hydrogen-bond acceptors (Lipinski definition) is 6. The Balaban J connectivity index is 1.62. The molecule has 0 bridgehead atoms. The van der Waals surface area contributed by atoms with Crippen molar-refractivity contribution in [1.82, 2.24) is 19.7 Å². The Kier molecular flexibility index (Phi) is 4.95. The normalized spacial score (nSPS) is 13.9. The average molecular weight is 386 g/mol. The van der Waals surface area contributed by atoms with E-state index in [0.29, 0.717) is 27.8 Å². The standard InChI is InChI=1S/C18H19FN6OS/c19-13-6-5-11(21-18(26)14-10-27-16(9-20)22-14)8-12(13)17-24-23-15-4-2-1-3-7-25(15)17/h5-6,8,10H,1-4,7,9,20H2,(H,21,26). The maximum atomic E-state index is 14.5. The summed E-state index contributed by atoms with van der Waals surface area (Å²) in [6.45, 7) is 1.06. The molecule has 3 N–H and O–H groups in total. The highest BCUT2D eigenvalue weighted by atomic mass is 32.1. The molecule has 0 saturated heterocycles. The van der Waals surface area contributed by atoms with Crippen LogP contribution in [0.15, 0.2) is 23.6 Å². The molecule has 0 atom stereocenters. The van der Waals surface area contributed by atoms with Crippen molar-refractivity contribution < 1.29 is 9.18 Å². The van der Waals surface area contributed by atoms with E-state index in [0.717, 1.165) is 38.1 Å². The van der Waals surface area contributed by atoms with E-state index in [1.54, 1.807) is 11.4 Å². The zero-order valence-corrected chi connectivity index (χ0v) is 15.4. The maximum Gasteiger partial charge on any atom is 0.275 e. The van der Waals surface area contributed by atoms with Crippen LogP contribution in [0.2, 0.25) is 0 Å². The first-order valence-corrected chi connectivity index (χ1v) is 9.71. The highest BCUT2D eigenvalue weighted by Crippen LogP contribution is 2.27. The van der Waals surface area contributed by atoms with E-state index in [4.69, 9.17) is 5.73 Å². The lowest BCUT2D eigenvalue weighted by molar-refractivity contribution is 0.102. The quantitative estimate of drug-likeness (QED) is 0.718. The van der Waals surface area contributed by atoms with E-state index in [1.807, 2.05) is 4.57 Å². The summed E-state index contributed by atoms with van der Waals surface area (Å²) in [5, 5.41) is 13.5. The Morgan fingerprint density at radius 1 is 1.30 bits per heavy atom. The van der Waals surface area contributed by atoms with E-state index >= 15 is 0 Å². The van der Waals surface area contributed by atoms with Crippen molar-refractivity contribution in [1.29, 1.82) is 0 Å². The number of amides is 1. The SMILES string of the molecule is NCc1nc(C(=O)Nc2ccc(F)c(-c3nnc4n3CCCCC4)c2)cs1. The number of anilines is 1. The fraction of sp³-hybridized carbons (Fsp3) is 0.333. The van der Waals surface area contributed by atoms with Gasteiger partial charge in [-0.25, -0.2) is 9.37 Å². The predicted molar refractivity (Wildman–Crippen MR) is 101 cm³/mol. The third-order valence-electron chi connectivity index (χ3n) is 4.53. The van der Waals surface area contributed by atoms with Crippen LogP contribution in [0.4, 0.5) is 10.1 Å². The molecule has 7 nitrogen and oxygen atoms in total. The summed E-state index contributed by atoms with van der Waals surface area (Å²) in [6.07, 6.45) is 4.05. The predicted octanol–water partition coefficient (Wildman–Crippen LogP) is 2.98. The van der Waals surface area contributed by atoms with Crippen LogP contribution in [0.5, 0.6) is 0 Å².